The lowest BCUT2D eigenvalue weighted by molar-refractivity contribution is -0.137. The number of nitrogens with two attached hydrogens (primary N) is 1. The highest BCUT2D eigenvalue weighted by Gasteiger charge is 2.38. The number of alkyl halides is 3. The van der Waals surface area contributed by atoms with Crippen molar-refractivity contribution in [1.29, 1.82) is 0 Å². The molecule has 8 nitrogen and oxygen atoms in total. The Morgan fingerprint density at radius 1 is 1.22 bits per heavy atom. The van der Waals surface area contributed by atoms with Crippen LogP contribution in [0, 0.1) is 12.8 Å². The number of anilines is 2. The number of rotatable bonds is 4. The molecule has 0 bridgehead atoms. The summed E-state index contributed by atoms with van der Waals surface area (Å²) in [5.41, 5.74) is 7.03. The minimum Gasteiger partial charge on any atom is -0.399 e. The zero-order valence-corrected chi connectivity index (χ0v) is 17.6. The molecular weight excluding hydrogens is 423 g/mol. The molecule has 2 aliphatic rings. The van der Waals surface area contributed by atoms with E-state index in [1.807, 2.05) is 11.3 Å². The van der Waals surface area contributed by atoms with Gasteiger partial charge in [-0.1, -0.05) is 0 Å². The molecule has 168 valence electrons. The van der Waals surface area contributed by atoms with E-state index in [0.29, 0.717) is 36.1 Å². The summed E-state index contributed by atoms with van der Waals surface area (Å²) in [5.74, 6) is 1.72. The molecule has 3 heterocycles. The van der Waals surface area contributed by atoms with E-state index in [1.54, 1.807) is 11.8 Å². The number of nitrogens with zero attached hydrogens (tertiary/aromatic N) is 5. The summed E-state index contributed by atoms with van der Waals surface area (Å²) in [6.07, 6.45) is -2.68. The Morgan fingerprint density at radius 3 is 2.66 bits per heavy atom. The number of carbonyl (C=O) groups is 1. The minimum absolute atomic E-state index is 0.0337. The van der Waals surface area contributed by atoms with Crippen molar-refractivity contribution < 1.29 is 18.0 Å². The van der Waals surface area contributed by atoms with Crippen molar-refractivity contribution in [3.63, 3.8) is 0 Å². The molecule has 32 heavy (non-hydrogen) atoms. The number of aromatic nitrogens is 4. The van der Waals surface area contributed by atoms with Gasteiger partial charge in [0, 0.05) is 17.2 Å². The van der Waals surface area contributed by atoms with Crippen LogP contribution in [0.3, 0.4) is 0 Å². The summed E-state index contributed by atoms with van der Waals surface area (Å²) in [6.45, 7) is 4.35. The van der Waals surface area contributed by atoms with Crippen molar-refractivity contribution in [3.05, 3.63) is 46.4 Å². The van der Waals surface area contributed by atoms with Gasteiger partial charge in [-0.25, -0.2) is 0 Å². The zero-order chi connectivity index (χ0) is 22.8. The smallest absolute Gasteiger partial charge is 0.399 e. The lowest BCUT2D eigenvalue weighted by Gasteiger charge is -2.19. The first-order valence-corrected chi connectivity index (χ1v) is 10.4. The summed E-state index contributed by atoms with van der Waals surface area (Å²) >= 11 is 0. The van der Waals surface area contributed by atoms with Gasteiger partial charge in [-0.15, -0.1) is 10.2 Å². The highest BCUT2D eigenvalue weighted by Crippen LogP contribution is 2.38. The van der Waals surface area contributed by atoms with Gasteiger partial charge in [-0.05, 0) is 50.5 Å². The van der Waals surface area contributed by atoms with Crippen molar-refractivity contribution in [3.8, 4) is 0 Å². The lowest BCUT2D eigenvalue weighted by Crippen LogP contribution is -2.26. The lowest BCUT2D eigenvalue weighted by atomic mass is 10.0. The van der Waals surface area contributed by atoms with Crippen molar-refractivity contribution in [1.82, 2.24) is 24.5 Å². The molecule has 1 saturated carbocycles. The van der Waals surface area contributed by atoms with Gasteiger partial charge in [-0.3, -0.25) is 9.20 Å². The Morgan fingerprint density at radius 2 is 1.97 bits per heavy atom. The third-order valence-electron chi connectivity index (χ3n) is 6.01. The average molecular weight is 445 g/mol. The molecule has 1 fully saturated rings. The van der Waals surface area contributed by atoms with Gasteiger partial charge in [0.1, 0.15) is 11.6 Å². The van der Waals surface area contributed by atoms with E-state index in [1.165, 1.54) is 6.07 Å². The van der Waals surface area contributed by atoms with Gasteiger partial charge >= 0.3 is 6.18 Å². The van der Waals surface area contributed by atoms with Crippen molar-refractivity contribution in [2.24, 2.45) is 5.92 Å². The highest BCUT2D eigenvalue weighted by atomic mass is 19.4. The number of benzene rings is 1. The van der Waals surface area contributed by atoms with Crippen LogP contribution in [0.1, 0.15) is 54.0 Å². The molecule has 2 aromatic heterocycles. The number of hydrogen-bond donors (Lipinski definition) is 2. The number of hydrogen-bond acceptors (Lipinski definition) is 6. The van der Waals surface area contributed by atoms with Crippen LogP contribution in [0.25, 0.3) is 5.78 Å². The van der Waals surface area contributed by atoms with E-state index in [-0.39, 0.29) is 17.5 Å². The fraction of sp³-hybridized carbons (Fsp3) is 0.429. The maximum atomic E-state index is 13.2. The summed E-state index contributed by atoms with van der Waals surface area (Å²) in [6, 6.07) is 2.99. The van der Waals surface area contributed by atoms with Crippen LogP contribution in [-0.4, -0.2) is 30.4 Å². The molecule has 1 aliphatic carbocycles. The minimum atomic E-state index is -4.50. The second kappa shape index (κ2) is 7.07. The van der Waals surface area contributed by atoms with Crippen molar-refractivity contribution in [2.75, 3.05) is 11.1 Å². The van der Waals surface area contributed by atoms with E-state index in [9.17, 15) is 18.0 Å². The first-order chi connectivity index (χ1) is 15.1. The fourth-order valence-corrected chi connectivity index (χ4v) is 4.18. The monoisotopic (exact) mass is 445 g/mol. The van der Waals surface area contributed by atoms with Gasteiger partial charge in [0.15, 0.2) is 0 Å². The molecule has 0 unspecified atom stereocenters. The Hall–Kier alpha value is -3.37. The SMILES string of the molecule is Cc1nnc2nc(N[C@H](C)c3cc(N)cc(C(F)(F)F)c3)c3c(n12)CN(C(=O)C1CC1)C3. The Bertz CT molecular complexity index is 1230. The van der Waals surface area contributed by atoms with E-state index in [0.717, 1.165) is 36.2 Å². The fourth-order valence-electron chi connectivity index (χ4n) is 4.18. The molecule has 1 atom stereocenters. The maximum Gasteiger partial charge on any atom is 0.416 e. The summed E-state index contributed by atoms with van der Waals surface area (Å²) in [5, 5.41) is 11.4. The number of aryl methyl sites for hydroxylation is 1. The third-order valence-corrected chi connectivity index (χ3v) is 6.01. The first kappa shape index (κ1) is 20.5. The van der Waals surface area contributed by atoms with Crippen LogP contribution in [-0.2, 0) is 24.1 Å². The van der Waals surface area contributed by atoms with Gasteiger partial charge in [0.25, 0.3) is 5.78 Å². The van der Waals surface area contributed by atoms with Crippen molar-refractivity contribution in [2.45, 2.75) is 52.0 Å². The van der Waals surface area contributed by atoms with Gasteiger partial charge in [-0.2, -0.15) is 18.2 Å². The third kappa shape index (κ3) is 3.51. The van der Waals surface area contributed by atoms with Crippen LogP contribution in [0.15, 0.2) is 18.2 Å². The van der Waals surface area contributed by atoms with E-state index < -0.39 is 17.8 Å². The molecule has 0 spiro atoms. The molecule has 11 heteroatoms. The van der Waals surface area contributed by atoms with Crippen LogP contribution in [0.2, 0.25) is 0 Å². The molecule has 1 amide bonds. The average Bonchev–Trinajstić information content (AvgIpc) is 3.37. The normalized spacial score (nSPS) is 17.0. The number of amides is 1. The maximum absolute atomic E-state index is 13.2. The second-order valence-electron chi connectivity index (χ2n) is 8.49. The molecule has 1 aliphatic heterocycles. The van der Waals surface area contributed by atoms with E-state index >= 15 is 0 Å². The van der Waals surface area contributed by atoms with E-state index in [4.69, 9.17) is 5.73 Å². The van der Waals surface area contributed by atoms with Gasteiger partial charge in [0.05, 0.1) is 30.4 Å². The summed E-state index contributed by atoms with van der Waals surface area (Å²) < 4.78 is 41.5. The first-order valence-electron chi connectivity index (χ1n) is 10.4. The number of halogens is 3. The Balaban J connectivity index is 1.51. The van der Waals surface area contributed by atoms with Crippen LogP contribution >= 0.6 is 0 Å². The molecule has 0 saturated heterocycles. The van der Waals surface area contributed by atoms with Crippen LogP contribution in [0.4, 0.5) is 24.7 Å². The van der Waals surface area contributed by atoms with Gasteiger partial charge < -0.3 is 16.0 Å². The second-order valence-corrected chi connectivity index (χ2v) is 8.49. The van der Waals surface area contributed by atoms with Crippen molar-refractivity contribution >= 4 is 23.2 Å². The number of carbonyl (C=O) groups excluding carboxylic acids is 1. The standard InChI is InChI=1S/C21H22F3N7O/c1-10(13-5-14(21(22,23)24)7-15(25)6-13)26-18-16-8-30(19(32)12-3-4-12)9-17(16)31-11(2)28-29-20(31)27-18/h5-7,10,12H,3-4,8-9,25H2,1-2H3,(H,26,27,29)/t10-/m1/s1. The zero-order valence-electron chi connectivity index (χ0n) is 17.6. The topological polar surface area (TPSA) is 101 Å². The Labute approximate surface area is 181 Å². The number of nitrogen functional groups attached to an aromatic ring is 1. The number of fused-ring (bicyclic) bond motifs is 3. The Kier molecular flexibility index (Phi) is 4.54. The molecule has 0 radical (unpaired) electrons. The molecule has 3 aromatic rings. The quantitative estimate of drug-likeness (QED) is 0.597. The van der Waals surface area contributed by atoms with Gasteiger partial charge in [0.2, 0.25) is 5.91 Å². The molecule has 3 N–H and O–H groups in total. The molecule has 1 aromatic carbocycles. The van der Waals surface area contributed by atoms with E-state index in [2.05, 4.69) is 20.5 Å². The summed E-state index contributed by atoms with van der Waals surface area (Å²) in [4.78, 5) is 19.0. The molecule has 5 rings (SSSR count). The number of nitrogens with one attached hydrogen (secondary N) is 1. The van der Waals surface area contributed by atoms with Crippen LogP contribution < -0.4 is 11.1 Å². The predicted molar refractivity (Wildman–Crippen MR) is 110 cm³/mol. The highest BCUT2D eigenvalue weighted by molar-refractivity contribution is 5.82. The largest absolute Gasteiger partial charge is 0.416 e. The summed E-state index contributed by atoms with van der Waals surface area (Å²) in [7, 11) is 0. The molecular formula is C21H22F3N7O. The van der Waals surface area contributed by atoms with Crippen LogP contribution in [0.5, 0.6) is 0 Å². The predicted octanol–water partition coefficient (Wildman–Crippen LogP) is 3.46.